The molecule has 1 atom stereocenters. The lowest BCUT2D eigenvalue weighted by Gasteiger charge is -2.28. The molecule has 0 saturated heterocycles. The molecule has 1 aliphatic carbocycles. The Morgan fingerprint density at radius 3 is 1.82 bits per heavy atom. The molecule has 55 heavy (non-hydrogen) atoms. The van der Waals surface area contributed by atoms with Gasteiger partial charge in [0.15, 0.2) is 0 Å². The third-order valence-electron chi connectivity index (χ3n) is 11.9. The minimum atomic E-state index is 0.143. The van der Waals surface area contributed by atoms with Gasteiger partial charge in [-0.2, -0.15) is 0 Å². The fourth-order valence-electron chi connectivity index (χ4n) is 9.60. The number of hydrogen-bond donors (Lipinski definition) is 0. The maximum absolute atomic E-state index is 6.64. The third-order valence-corrected chi connectivity index (χ3v) is 11.9. The molecular weight excluding hydrogens is 669 g/mol. The molecule has 0 saturated carbocycles. The van der Waals surface area contributed by atoms with Gasteiger partial charge in [-0.25, -0.2) is 0 Å². The zero-order chi connectivity index (χ0) is 36.0. The van der Waals surface area contributed by atoms with Crippen molar-refractivity contribution < 1.29 is 4.42 Å². The topological polar surface area (TPSA) is 23.0 Å². The first-order valence-electron chi connectivity index (χ1n) is 19.1. The number of nitrogens with zero attached hydrogens (tertiary/aromatic N) is 2. The molecule has 1 aliphatic rings. The smallest absolute Gasteiger partial charge is 0.135 e. The highest BCUT2D eigenvalue weighted by molar-refractivity contribution is 6.12. The Kier molecular flexibility index (Phi) is 6.46. The first-order valence-corrected chi connectivity index (χ1v) is 19.1. The number of hydrogen-bond acceptors (Lipinski definition) is 1. The fraction of sp³-hybridized carbons (Fsp3) is 0.0385. The van der Waals surface area contributed by atoms with Crippen molar-refractivity contribution >= 4 is 54.6 Å². The van der Waals surface area contributed by atoms with Gasteiger partial charge in [0.1, 0.15) is 11.2 Å². The summed E-state index contributed by atoms with van der Waals surface area (Å²) in [5.74, 6) is 0.143. The Balaban J connectivity index is 1.05. The standard InChI is InChI=1S/C52H34N2O/c1-3-14-35(15-4-1)53-45-23-11-9-19-38(45)43-30-33(26-28-47(43)53)34-27-29-49-44(31-34)52-40(22-13-25-50(52)55-49)42-32-48-51(39-20-8-7-18-37(39)42)41-21-10-12-24-46(41)54(48)36-16-5-2-6-17-36/h1-31,42H,32H2. The van der Waals surface area contributed by atoms with Crippen molar-refractivity contribution in [1.29, 1.82) is 0 Å². The van der Waals surface area contributed by atoms with Gasteiger partial charge in [0.2, 0.25) is 0 Å². The minimum Gasteiger partial charge on any atom is -0.456 e. The summed E-state index contributed by atoms with van der Waals surface area (Å²) in [7, 11) is 0. The van der Waals surface area contributed by atoms with Gasteiger partial charge < -0.3 is 13.6 Å². The molecule has 12 rings (SSSR count). The molecule has 0 radical (unpaired) electrons. The van der Waals surface area contributed by atoms with Crippen molar-refractivity contribution in [3.05, 3.63) is 205 Å². The Labute approximate surface area is 317 Å². The molecule has 1 unspecified atom stereocenters. The third kappa shape index (κ3) is 4.44. The highest BCUT2D eigenvalue weighted by Crippen LogP contribution is 2.50. The number of benzene rings is 8. The minimum absolute atomic E-state index is 0.143. The molecule has 0 bridgehead atoms. The van der Waals surface area contributed by atoms with E-state index in [-0.39, 0.29) is 5.92 Å². The molecule has 3 aromatic heterocycles. The van der Waals surface area contributed by atoms with E-state index < -0.39 is 0 Å². The molecule has 0 amide bonds. The Bertz CT molecular complexity index is 3260. The van der Waals surface area contributed by atoms with Crippen LogP contribution in [-0.2, 0) is 6.42 Å². The van der Waals surface area contributed by atoms with Crippen molar-refractivity contribution in [2.45, 2.75) is 12.3 Å². The molecule has 11 aromatic rings. The van der Waals surface area contributed by atoms with Gasteiger partial charge in [-0.3, -0.25) is 0 Å². The number of rotatable bonds is 4. The molecule has 3 heteroatoms. The van der Waals surface area contributed by atoms with Crippen LogP contribution in [0.2, 0.25) is 0 Å². The first kappa shape index (κ1) is 30.4. The SMILES string of the molecule is c1ccc(-n2c3c(c4ccccc42)-c2ccccc2C(c2cccc4oc5ccc(-c6ccc7c(c6)c6ccccc6n7-c6ccccc6)cc5c24)C3)cc1. The summed E-state index contributed by atoms with van der Waals surface area (Å²) in [5, 5.41) is 6.16. The summed E-state index contributed by atoms with van der Waals surface area (Å²) in [6, 6.07) is 68.4. The van der Waals surface area contributed by atoms with Crippen LogP contribution in [-0.4, -0.2) is 9.13 Å². The number of furan rings is 1. The first-order chi connectivity index (χ1) is 27.3. The van der Waals surface area contributed by atoms with E-state index in [1.54, 1.807) is 0 Å². The molecule has 8 aromatic carbocycles. The summed E-state index contributed by atoms with van der Waals surface area (Å²) in [6.45, 7) is 0. The average molecular weight is 703 g/mol. The molecular formula is C52H34N2O. The normalized spacial score (nSPS) is 13.9. The van der Waals surface area contributed by atoms with E-state index in [1.807, 2.05) is 0 Å². The van der Waals surface area contributed by atoms with Crippen LogP contribution < -0.4 is 0 Å². The molecule has 3 heterocycles. The monoisotopic (exact) mass is 702 g/mol. The number of para-hydroxylation sites is 4. The van der Waals surface area contributed by atoms with Crippen LogP contribution >= 0.6 is 0 Å². The quantitative estimate of drug-likeness (QED) is 0.179. The predicted molar refractivity (Wildman–Crippen MR) is 228 cm³/mol. The van der Waals surface area contributed by atoms with Crippen molar-refractivity contribution in [2.75, 3.05) is 0 Å². The molecule has 0 fully saturated rings. The summed E-state index contributed by atoms with van der Waals surface area (Å²) in [6.07, 6.45) is 0.879. The Morgan fingerprint density at radius 1 is 0.418 bits per heavy atom. The highest BCUT2D eigenvalue weighted by Gasteiger charge is 2.33. The highest BCUT2D eigenvalue weighted by atomic mass is 16.3. The largest absolute Gasteiger partial charge is 0.456 e. The Morgan fingerprint density at radius 2 is 1.02 bits per heavy atom. The van der Waals surface area contributed by atoms with Gasteiger partial charge in [-0.15, -0.1) is 0 Å². The lowest BCUT2D eigenvalue weighted by molar-refractivity contribution is 0.668. The van der Waals surface area contributed by atoms with E-state index in [9.17, 15) is 0 Å². The van der Waals surface area contributed by atoms with Gasteiger partial charge in [0.25, 0.3) is 0 Å². The van der Waals surface area contributed by atoms with E-state index in [2.05, 4.69) is 197 Å². The zero-order valence-electron chi connectivity index (χ0n) is 30.0. The van der Waals surface area contributed by atoms with E-state index in [0.717, 1.165) is 23.0 Å². The fourth-order valence-corrected chi connectivity index (χ4v) is 9.60. The van der Waals surface area contributed by atoms with E-state index in [0.29, 0.717) is 0 Å². The lowest BCUT2D eigenvalue weighted by Crippen LogP contribution is -2.15. The second-order valence-corrected chi connectivity index (χ2v) is 14.8. The summed E-state index contributed by atoms with van der Waals surface area (Å²) < 4.78 is 11.5. The van der Waals surface area contributed by atoms with E-state index in [4.69, 9.17) is 4.42 Å². The predicted octanol–water partition coefficient (Wildman–Crippen LogP) is 13.6. The van der Waals surface area contributed by atoms with Crippen molar-refractivity contribution in [3.8, 4) is 33.6 Å². The van der Waals surface area contributed by atoms with Crippen molar-refractivity contribution in [1.82, 2.24) is 9.13 Å². The Hall–Kier alpha value is -7.10. The van der Waals surface area contributed by atoms with Gasteiger partial charge in [-0.1, -0.05) is 121 Å². The van der Waals surface area contributed by atoms with Gasteiger partial charge in [0, 0.05) is 55.5 Å². The second kappa shape index (κ2) is 11.7. The second-order valence-electron chi connectivity index (χ2n) is 14.8. The van der Waals surface area contributed by atoms with Crippen LogP contribution in [0.3, 0.4) is 0 Å². The van der Waals surface area contributed by atoms with Crippen LogP contribution in [0.1, 0.15) is 22.7 Å². The maximum atomic E-state index is 6.64. The van der Waals surface area contributed by atoms with Crippen LogP contribution in [0.15, 0.2) is 192 Å². The lowest BCUT2D eigenvalue weighted by atomic mass is 9.76. The summed E-state index contributed by atoms with van der Waals surface area (Å²) >= 11 is 0. The van der Waals surface area contributed by atoms with Crippen LogP contribution in [0.25, 0.3) is 88.3 Å². The summed E-state index contributed by atoms with van der Waals surface area (Å²) in [5.41, 5.74) is 16.9. The molecule has 0 aliphatic heterocycles. The van der Waals surface area contributed by atoms with E-state index >= 15 is 0 Å². The van der Waals surface area contributed by atoms with Gasteiger partial charge in [0.05, 0.1) is 16.6 Å². The van der Waals surface area contributed by atoms with Crippen LogP contribution in [0, 0.1) is 0 Å². The van der Waals surface area contributed by atoms with Gasteiger partial charge in [-0.05, 0) is 101 Å². The average Bonchev–Trinajstić information content (AvgIpc) is 3.91. The molecule has 3 nitrogen and oxygen atoms in total. The number of aromatic nitrogens is 2. The van der Waals surface area contributed by atoms with Crippen LogP contribution in [0.5, 0.6) is 0 Å². The van der Waals surface area contributed by atoms with Gasteiger partial charge >= 0.3 is 0 Å². The van der Waals surface area contributed by atoms with Crippen molar-refractivity contribution in [3.63, 3.8) is 0 Å². The molecule has 258 valence electrons. The maximum Gasteiger partial charge on any atom is 0.135 e. The summed E-state index contributed by atoms with van der Waals surface area (Å²) in [4.78, 5) is 0. The van der Waals surface area contributed by atoms with E-state index in [1.165, 1.54) is 88.5 Å². The van der Waals surface area contributed by atoms with Crippen molar-refractivity contribution in [2.24, 2.45) is 0 Å². The van der Waals surface area contributed by atoms with Crippen LogP contribution in [0.4, 0.5) is 0 Å². The zero-order valence-corrected chi connectivity index (χ0v) is 30.0. The number of fused-ring (bicyclic) bond motifs is 11. The molecule has 0 N–H and O–H groups in total. The molecule has 0 spiro atoms.